The van der Waals surface area contributed by atoms with Crippen molar-refractivity contribution in [1.29, 1.82) is 0 Å². The molecule has 1 spiro atoms. The molecule has 5 unspecified atom stereocenters. The number of rotatable bonds is 6. The van der Waals surface area contributed by atoms with Crippen molar-refractivity contribution in [1.82, 2.24) is 4.57 Å². The number of para-hydroxylation sites is 2. The highest BCUT2D eigenvalue weighted by Gasteiger charge is 2.56. The van der Waals surface area contributed by atoms with E-state index in [0.29, 0.717) is 11.8 Å². The predicted molar refractivity (Wildman–Crippen MR) is 256 cm³/mol. The van der Waals surface area contributed by atoms with E-state index in [1.54, 1.807) is 11.1 Å². The van der Waals surface area contributed by atoms with Crippen molar-refractivity contribution >= 4 is 38.9 Å². The van der Waals surface area contributed by atoms with Crippen LogP contribution in [0.25, 0.3) is 60.9 Å². The number of aromatic nitrogens is 1. The van der Waals surface area contributed by atoms with Crippen LogP contribution in [0.1, 0.15) is 50.7 Å². The summed E-state index contributed by atoms with van der Waals surface area (Å²) in [5.74, 6) is 3.00. The Balaban J connectivity index is 0.964. The number of nitrogens with zero attached hydrogens (tertiary/aromatic N) is 2. The summed E-state index contributed by atoms with van der Waals surface area (Å²) in [6, 6.07) is 72.4. The minimum Gasteiger partial charge on any atom is -0.310 e. The predicted octanol–water partition coefficient (Wildman–Crippen LogP) is 15.9. The molecule has 1 heterocycles. The van der Waals surface area contributed by atoms with Crippen LogP contribution in [-0.4, -0.2) is 4.57 Å². The molecule has 2 fully saturated rings. The molecule has 0 amide bonds. The highest BCUT2D eigenvalue weighted by atomic mass is 15.1. The van der Waals surface area contributed by atoms with E-state index in [1.807, 2.05) is 0 Å². The van der Waals surface area contributed by atoms with E-state index in [-0.39, 0.29) is 5.41 Å². The van der Waals surface area contributed by atoms with Crippen LogP contribution in [0.2, 0.25) is 0 Å². The van der Waals surface area contributed by atoms with E-state index in [1.165, 1.54) is 80.9 Å². The quantitative estimate of drug-likeness (QED) is 0.163. The van der Waals surface area contributed by atoms with E-state index in [9.17, 15) is 0 Å². The second-order valence-electron chi connectivity index (χ2n) is 18.4. The third-order valence-electron chi connectivity index (χ3n) is 14.9. The van der Waals surface area contributed by atoms with Crippen molar-refractivity contribution in [2.75, 3.05) is 4.90 Å². The molecule has 0 saturated heterocycles. The van der Waals surface area contributed by atoms with Crippen molar-refractivity contribution in [3.63, 3.8) is 0 Å². The van der Waals surface area contributed by atoms with Crippen LogP contribution >= 0.6 is 0 Å². The maximum atomic E-state index is 2.56. The van der Waals surface area contributed by atoms with E-state index >= 15 is 0 Å². The minimum absolute atomic E-state index is 0.103. The fraction of sp³-hybridized carbons (Fsp3) is 0.186. The zero-order valence-electron chi connectivity index (χ0n) is 35.0. The zero-order chi connectivity index (χ0) is 40.7. The molecule has 9 aromatic rings. The second kappa shape index (κ2) is 14.2. The molecule has 0 radical (unpaired) electrons. The van der Waals surface area contributed by atoms with E-state index in [4.69, 9.17) is 0 Å². The van der Waals surface area contributed by atoms with Crippen LogP contribution in [0.4, 0.5) is 17.1 Å². The molecule has 296 valence electrons. The van der Waals surface area contributed by atoms with Gasteiger partial charge < -0.3 is 9.47 Å². The van der Waals surface area contributed by atoms with Gasteiger partial charge in [0.1, 0.15) is 0 Å². The molecule has 2 bridgehead atoms. The Morgan fingerprint density at radius 2 is 1.03 bits per heavy atom. The van der Waals surface area contributed by atoms with Crippen molar-refractivity contribution in [2.45, 2.75) is 44.9 Å². The molecule has 5 atom stereocenters. The van der Waals surface area contributed by atoms with Gasteiger partial charge in [-0.15, -0.1) is 0 Å². The lowest BCUT2D eigenvalue weighted by molar-refractivity contribution is 0.0426. The first kappa shape index (κ1) is 36.2. The first-order valence-electron chi connectivity index (χ1n) is 22.4. The van der Waals surface area contributed by atoms with Gasteiger partial charge in [0.15, 0.2) is 0 Å². The van der Waals surface area contributed by atoms with Gasteiger partial charge in [-0.3, -0.25) is 0 Å². The average Bonchev–Trinajstić information content (AvgIpc) is 3.80. The van der Waals surface area contributed by atoms with Gasteiger partial charge in [-0.25, -0.2) is 0 Å². The molecule has 3 aliphatic rings. The molecule has 3 aliphatic carbocycles. The maximum Gasteiger partial charge on any atom is 0.0541 e. The summed E-state index contributed by atoms with van der Waals surface area (Å²) in [6.07, 6.45) is 5.44. The number of hydrogen-bond acceptors (Lipinski definition) is 1. The van der Waals surface area contributed by atoms with Gasteiger partial charge in [0.2, 0.25) is 0 Å². The molecule has 2 saturated carbocycles. The molecule has 0 N–H and O–H groups in total. The summed E-state index contributed by atoms with van der Waals surface area (Å²) >= 11 is 0. The van der Waals surface area contributed by atoms with Gasteiger partial charge in [0.25, 0.3) is 0 Å². The summed E-state index contributed by atoms with van der Waals surface area (Å²) in [4.78, 5) is 2.41. The number of hydrogen-bond donors (Lipinski definition) is 0. The lowest BCUT2D eigenvalue weighted by Gasteiger charge is -2.54. The third kappa shape index (κ3) is 5.68. The van der Waals surface area contributed by atoms with Crippen molar-refractivity contribution in [2.24, 2.45) is 23.7 Å². The highest BCUT2D eigenvalue weighted by molar-refractivity contribution is 6.09. The lowest BCUT2D eigenvalue weighted by atomic mass is 9.49. The molecular weight excluding hydrogens is 737 g/mol. The van der Waals surface area contributed by atoms with Gasteiger partial charge >= 0.3 is 0 Å². The van der Waals surface area contributed by atoms with Crippen LogP contribution < -0.4 is 4.90 Å². The third-order valence-corrected chi connectivity index (χ3v) is 14.9. The summed E-state index contributed by atoms with van der Waals surface area (Å²) in [7, 11) is 0. The van der Waals surface area contributed by atoms with Crippen LogP contribution in [0.5, 0.6) is 0 Å². The second-order valence-corrected chi connectivity index (χ2v) is 18.4. The van der Waals surface area contributed by atoms with Crippen molar-refractivity contribution < 1.29 is 0 Å². The van der Waals surface area contributed by atoms with E-state index < -0.39 is 0 Å². The standard InChI is InChI=1S/C59H50N2/c1-39-33-41-35-40(2)59(46(34-39)36-41)55-20-9-6-17-51(55)54-38-45(25-32-56(54)59)44-15-12-16-50(37-44)60(47-26-23-43(24-27-47)42-13-4-3-5-14-42)48-28-30-49(31-29-48)61-57-21-10-7-18-52(57)53-19-8-11-22-58(53)61/h3-32,37-41,46H,33-36H2,1-2H3. The molecule has 2 heteroatoms. The van der Waals surface area contributed by atoms with Crippen LogP contribution in [0.15, 0.2) is 194 Å². The molecule has 61 heavy (non-hydrogen) atoms. The summed E-state index contributed by atoms with van der Waals surface area (Å²) in [5.41, 5.74) is 18.0. The first-order valence-corrected chi connectivity index (χ1v) is 22.4. The SMILES string of the molecule is CC1CC2CC(C)C3(c4ccccc4-c4cc(-c5cccc(N(c6ccc(-c7ccccc7)cc6)c6ccc(-n7c8ccccc8c8ccccc87)cc6)c5)ccc43)C(C1)C2. The van der Waals surface area contributed by atoms with Gasteiger partial charge in [-0.05, 0) is 161 Å². The highest BCUT2D eigenvalue weighted by Crippen LogP contribution is 2.64. The molecular formula is C59H50N2. The largest absolute Gasteiger partial charge is 0.310 e. The Morgan fingerprint density at radius 3 is 1.79 bits per heavy atom. The molecule has 12 rings (SSSR count). The van der Waals surface area contributed by atoms with Gasteiger partial charge in [-0.1, -0.05) is 141 Å². The summed E-state index contributed by atoms with van der Waals surface area (Å²) in [6.45, 7) is 5.07. The monoisotopic (exact) mass is 786 g/mol. The normalized spacial score (nSPS) is 21.4. The molecule has 2 nitrogen and oxygen atoms in total. The van der Waals surface area contributed by atoms with E-state index in [2.05, 4.69) is 217 Å². The Labute approximate surface area is 359 Å². The topological polar surface area (TPSA) is 8.17 Å². The Bertz CT molecular complexity index is 3030. The Hall–Kier alpha value is -6.64. The van der Waals surface area contributed by atoms with Crippen molar-refractivity contribution in [3.05, 3.63) is 205 Å². The smallest absolute Gasteiger partial charge is 0.0541 e. The van der Waals surface area contributed by atoms with Crippen LogP contribution in [0, 0.1) is 23.7 Å². The minimum atomic E-state index is 0.103. The van der Waals surface area contributed by atoms with Crippen LogP contribution in [-0.2, 0) is 5.41 Å². The van der Waals surface area contributed by atoms with Gasteiger partial charge in [0.05, 0.1) is 11.0 Å². The molecule has 0 aliphatic heterocycles. The summed E-state index contributed by atoms with van der Waals surface area (Å²) in [5, 5.41) is 2.55. The molecule has 1 aromatic heterocycles. The van der Waals surface area contributed by atoms with Gasteiger partial charge in [0, 0.05) is 38.9 Å². The fourth-order valence-corrected chi connectivity index (χ4v) is 12.6. The van der Waals surface area contributed by atoms with Crippen LogP contribution in [0.3, 0.4) is 0 Å². The summed E-state index contributed by atoms with van der Waals surface area (Å²) < 4.78 is 2.39. The fourth-order valence-electron chi connectivity index (χ4n) is 12.6. The van der Waals surface area contributed by atoms with Crippen molar-refractivity contribution in [3.8, 4) is 39.1 Å². The zero-order valence-corrected chi connectivity index (χ0v) is 35.0. The maximum absolute atomic E-state index is 2.56. The molecule has 8 aromatic carbocycles. The number of anilines is 3. The number of benzene rings is 8. The van der Waals surface area contributed by atoms with Gasteiger partial charge in [-0.2, -0.15) is 0 Å². The first-order chi connectivity index (χ1) is 30.0. The number of fused-ring (bicyclic) bond motifs is 11. The average molecular weight is 787 g/mol. The Kier molecular flexibility index (Phi) is 8.46. The lowest BCUT2D eigenvalue weighted by Crippen LogP contribution is -2.49. The van der Waals surface area contributed by atoms with E-state index in [0.717, 1.165) is 34.6 Å². The Morgan fingerprint density at radius 1 is 0.443 bits per heavy atom.